The molecule has 0 fully saturated rings. The molecule has 0 saturated heterocycles. The van der Waals surface area contributed by atoms with E-state index in [1.165, 1.54) is 37.9 Å². The highest BCUT2D eigenvalue weighted by Crippen LogP contribution is 2.20. The lowest BCUT2D eigenvalue weighted by atomic mass is 10.1. The van der Waals surface area contributed by atoms with Crippen molar-refractivity contribution in [1.29, 1.82) is 0 Å². The van der Waals surface area contributed by atoms with Gasteiger partial charge >= 0.3 is 0 Å². The second-order valence-electron chi connectivity index (χ2n) is 3.62. The molecule has 80 valence electrons. The number of nitrogens with two attached hydrogens (primary N) is 1. The standard InChI is InChI=1S/C11H25NS/c1-4-7-9-13-11(6-3)10(12)8-5-2/h10-11H,4-9,12H2,1-3H3. The van der Waals surface area contributed by atoms with Crippen molar-refractivity contribution in [3.05, 3.63) is 0 Å². The van der Waals surface area contributed by atoms with Crippen LogP contribution in [0.1, 0.15) is 52.9 Å². The van der Waals surface area contributed by atoms with Crippen molar-refractivity contribution in [3.8, 4) is 0 Å². The Morgan fingerprint density at radius 1 is 1.15 bits per heavy atom. The van der Waals surface area contributed by atoms with E-state index in [4.69, 9.17) is 5.73 Å². The topological polar surface area (TPSA) is 26.0 Å². The Labute approximate surface area is 87.9 Å². The van der Waals surface area contributed by atoms with Gasteiger partial charge in [0.25, 0.3) is 0 Å². The molecule has 1 nitrogen and oxygen atoms in total. The van der Waals surface area contributed by atoms with Gasteiger partial charge in [-0.25, -0.2) is 0 Å². The summed E-state index contributed by atoms with van der Waals surface area (Å²) in [6, 6.07) is 0.414. The van der Waals surface area contributed by atoms with Crippen LogP contribution < -0.4 is 5.73 Å². The normalized spacial score (nSPS) is 15.7. The van der Waals surface area contributed by atoms with Gasteiger partial charge in [0.15, 0.2) is 0 Å². The zero-order valence-electron chi connectivity index (χ0n) is 9.38. The summed E-state index contributed by atoms with van der Waals surface area (Å²) in [5.74, 6) is 1.28. The van der Waals surface area contributed by atoms with Crippen molar-refractivity contribution in [2.45, 2.75) is 64.2 Å². The molecule has 0 aromatic heterocycles. The van der Waals surface area contributed by atoms with Gasteiger partial charge in [0.05, 0.1) is 0 Å². The van der Waals surface area contributed by atoms with Crippen LogP contribution in [-0.4, -0.2) is 17.0 Å². The van der Waals surface area contributed by atoms with Gasteiger partial charge in [0.1, 0.15) is 0 Å². The minimum atomic E-state index is 0.414. The van der Waals surface area contributed by atoms with Crippen molar-refractivity contribution in [3.63, 3.8) is 0 Å². The Bertz CT molecular complexity index is 106. The summed E-state index contributed by atoms with van der Waals surface area (Å²) in [5.41, 5.74) is 6.10. The molecule has 0 rings (SSSR count). The van der Waals surface area contributed by atoms with E-state index in [0.29, 0.717) is 11.3 Å². The number of hydrogen-bond acceptors (Lipinski definition) is 2. The summed E-state index contributed by atoms with van der Waals surface area (Å²) < 4.78 is 0. The molecule has 0 heterocycles. The highest BCUT2D eigenvalue weighted by Gasteiger charge is 2.14. The number of unbranched alkanes of at least 4 members (excludes halogenated alkanes) is 1. The van der Waals surface area contributed by atoms with Crippen molar-refractivity contribution in [1.82, 2.24) is 0 Å². The molecular formula is C11H25NS. The summed E-state index contributed by atoms with van der Waals surface area (Å²) in [6.07, 6.45) is 6.24. The van der Waals surface area contributed by atoms with Crippen LogP contribution in [0, 0.1) is 0 Å². The van der Waals surface area contributed by atoms with Gasteiger partial charge in [-0.05, 0) is 25.0 Å². The second kappa shape index (κ2) is 8.89. The van der Waals surface area contributed by atoms with Crippen molar-refractivity contribution < 1.29 is 0 Å². The van der Waals surface area contributed by atoms with Crippen LogP contribution in [0.25, 0.3) is 0 Å². The maximum atomic E-state index is 6.10. The minimum Gasteiger partial charge on any atom is -0.327 e. The van der Waals surface area contributed by atoms with Crippen LogP contribution in [0.4, 0.5) is 0 Å². The number of thioether (sulfide) groups is 1. The van der Waals surface area contributed by atoms with Gasteiger partial charge in [-0.2, -0.15) is 11.8 Å². The average molecular weight is 203 g/mol. The monoisotopic (exact) mass is 203 g/mol. The molecular weight excluding hydrogens is 178 g/mol. The SMILES string of the molecule is CCCCSC(CC)C(N)CCC. The Balaban J connectivity index is 3.60. The van der Waals surface area contributed by atoms with Crippen LogP contribution in [0.3, 0.4) is 0 Å². The summed E-state index contributed by atoms with van der Waals surface area (Å²) in [4.78, 5) is 0. The smallest absolute Gasteiger partial charge is 0.0196 e. The van der Waals surface area contributed by atoms with E-state index in [2.05, 4.69) is 32.5 Å². The molecule has 0 aliphatic carbocycles. The molecule has 0 amide bonds. The maximum Gasteiger partial charge on any atom is 0.0196 e. The average Bonchev–Trinajstić information content (AvgIpc) is 2.13. The van der Waals surface area contributed by atoms with Gasteiger partial charge in [-0.15, -0.1) is 0 Å². The highest BCUT2D eigenvalue weighted by molar-refractivity contribution is 7.99. The third kappa shape index (κ3) is 6.39. The van der Waals surface area contributed by atoms with E-state index in [0.717, 1.165) is 0 Å². The van der Waals surface area contributed by atoms with Crippen LogP contribution >= 0.6 is 11.8 Å². The summed E-state index contributed by atoms with van der Waals surface area (Å²) in [6.45, 7) is 6.70. The van der Waals surface area contributed by atoms with E-state index >= 15 is 0 Å². The fraction of sp³-hybridized carbons (Fsp3) is 1.00. The summed E-state index contributed by atoms with van der Waals surface area (Å²) in [7, 11) is 0. The first-order valence-corrected chi connectivity index (χ1v) is 6.68. The lowest BCUT2D eigenvalue weighted by Gasteiger charge is -2.21. The number of rotatable bonds is 8. The molecule has 2 unspecified atom stereocenters. The van der Waals surface area contributed by atoms with Crippen LogP contribution in [-0.2, 0) is 0 Å². The zero-order chi connectivity index (χ0) is 10.1. The summed E-state index contributed by atoms with van der Waals surface area (Å²) in [5, 5.41) is 0.687. The van der Waals surface area contributed by atoms with E-state index in [9.17, 15) is 0 Å². The molecule has 0 bridgehead atoms. The lowest BCUT2D eigenvalue weighted by Crippen LogP contribution is -2.32. The van der Waals surface area contributed by atoms with Gasteiger partial charge < -0.3 is 5.73 Å². The van der Waals surface area contributed by atoms with E-state index in [-0.39, 0.29) is 0 Å². The lowest BCUT2D eigenvalue weighted by molar-refractivity contribution is 0.566. The van der Waals surface area contributed by atoms with Crippen molar-refractivity contribution >= 4 is 11.8 Å². The van der Waals surface area contributed by atoms with Crippen LogP contribution in [0.2, 0.25) is 0 Å². The molecule has 0 aromatic rings. The fourth-order valence-corrected chi connectivity index (χ4v) is 2.82. The van der Waals surface area contributed by atoms with Gasteiger partial charge in [0.2, 0.25) is 0 Å². The maximum absolute atomic E-state index is 6.10. The van der Waals surface area contributed by atoms with Gasteiger partial charge in [-0.1, -0.05) is 33.6 Å². The van der Waals surface area contributed by atoms with E-state index < -0.39 is 0 Å². The van der Waals surface area contributed by atoms with E-state index in [1.807, 2.05) is 0 Å². The quantitative estimate of drug-likeness (QED) is 0.612. The Kier molecular flexibility index (Phi) is 9.10. The molecule has 2 heteroatoms. The first kappa shape index (κ1) is 13.3. The van der Waals surface area contributed by atoms with Crippen LogP contribution in [0.15, 0.2) is 0 Å². The fourth-order valence-electron chi connectivity index (χ4n) is 1.44. The van der Waals surface area contributed by atoms with E-state index in [1.54, 1.807) is 0 Å². The summed E-state index contributed by atoms with van der Waals surface area (Å²) >= 11 is 2.07. The predicted molar refractivity (Wildman–Crippen MR) is 64.3 cm³/mol. The molecule has 13 heavy (non-hydrogen) atoms. The molecule has 0 spiro atoms. The van der Waals surface area contributed by atoms with Gasteiger partial charge in [-0.3, -0.25) is 0 Å². The Morgan fingerprint density at radius 2 is 1.85 bits per heavy atom. The Morgan fingerprint density at radius 3 is 2.31 bits per heavy atom. The Hall–Kier alpha value is 0.310. The molecule has 0 aliphatic heterocycles. The zero-order valence-corrected chi connectivity index (χ0v) is 10.2. The molecule has 2 N–H and O–H groups in total. The molecule has 0 aromatic carbocycles. The second-order valence-corrected chi connectivity index (χ2v) is 4.97. The minimum absolute atomic E-state index is 0.414. The first-order chi connectivity index (χ1) is 6.26. The van der Waals surface area contributed by atoms with Gasteiger partial charge in [0, 0.05) is 11.3 Å². The molecule has 2 atom stereocenters. The third-order valence-corrected chi connectivity index (χ3v) is 3.97. The van der Waals surface area contributed by atoms with Crippen molar-refractivity contribution in [2.75, 3.05) is 5.75 Å². The third-order valence-electron chi connectivity index (χ3n) is 2.33. The first-order valence-electron chi connectivity index (χ1n) is 5.63. The largest absolute Gasteiger partial charge is 0.327 e. The predicted octanol–water partition coefficient (Wildman–Crippen LogP) is 3.43. The van der Waals surface area contributed by atoms with Crippen molar-refractivity contribution in [2.24, 2.45) is 5.73 Å². The number of hydrogen-bond donors (Lipinski definition) is 1. The molecule has 0 saturated carbocycles. The highest BCUT2D eigenvalue weighted by atomic mass is 32.2. The molecule has 0 radical (unpaired) electrons. The van der Waals surface area contributed by atoms with Crippen LogP contribution in [0.5, 0.6) is 0 Å². The molecule has 0 aliphatic rings.